The molecule has 0 bridgehead atoms. The number of carbonyl (C=O) groups excluding carboxylic acids is 1. The summed E-state index contributed by atoms with van der Waals surface area (Å²) in [5.41, 5.74) is 3.92. The van der Waals surface area contributed by atoms with Crippen LogP contribution in [0.5, 0.6) is 5.75 Å². The highest BCUT2D eigenvalue weighted by Crippen LogP contribution is 2.26. The molecule has 1 aliphatic rings. The minimum absolute atomic E-state index is 0.0222. The van der Waals surface area contributed by atoms with Gasteiger partial charge in [-0.2, -0.15) is 4.80 Å². The maximum atomic E-state index is 12.3. The fourth-order valence-corrected chi connectivity index (χ4v) is 3.01. The smallest absolute Gasteiger partial charge is 0.224 e. The van der Waals surface area contributed by atoms with Crippen molar-refractivity contribution in [2.24, 2.45) is 7.05 Å². The van der Waals surface area contributed by atoms with Crippen LogP contribution in [0.15, 0.2) is 42.5 Å². The summed E-state index contributed by atoms with van der Waals surface area (Å²) in [5.74, 6) is 1.47. The van der Waals surface area contributed by atoms with E-state index in [1.165, 1.54) is 10.4 Å². The lowest BCUT2D eigenvalue weighted by Gasteiger charge is -2.07. The SMILES string of the molecule is Cn1nnc(-c2cccc(NC(=O)CCc3ccc4c(c3)CCO4)c2)n1. The van der Waals surface area contributed by atoms with E-state index in [2.05, 4.69) is 26.8 Å². The second kappa shape index (κ2) is 6.95. The van der Waals surface area contributed by atoms with E-state index in [0.29, 0.717) is 18.7 Å². The molecule has 0 atom stereocenters. The summed E-state index contributed by atoms with van der Waals surface area (Å²) < 4.78 is 5.51. The molecule has 2 aromatic carbocycles. The lowest BCUT2D eigenvalue weighted by atomic mass is 10.0. The molecule has 0 aliphatic carbocycles. The van der Waals surface area contributed by atoms with Gasteiger partial charge in [-0.15, -0.1) is 10.2 Å². The molecule has 0 spiro atoms. The van der Waals surface area contributed by atoms with Crippen molar-refractivity contribution in [3.63, 3.8) is 0 Å². The second-order valence-corrected chi connectivity index (χ2v) is 6.27. The molecule has 1 N–H and O–H groups in total. The van der Waals surface area contributed by atoms with E-state index in [-0.39, 0.29) is 5.91 Å². The van der Waals surface area contributed by atoms with Crippen LogP contribution in [0.1, 0.15) is 17.5 Å². The number of nitrogens with one attached hydrogen (secondary N) is 1. The fourth-order valence-electron chi connectivity index (χ4n) is 3.01. The van der Waals surface area contributed by atoms with Gasteiger partial charge in [0.15, 0.2) is 0 Å². The van der Waals surface area contributed by atoms with Gasteiger partial charge in [-0.1, -0.05) is 24.3 Å². The van der Waals surface area contributed by atoms with E-state index in [1.807, 2.05) is 36.4 Å². The van der Waals surface area contributed by atoms with Gasteiger partial charge in [0.2, 0.25) is 11.7 Å². The van der Waals surface area contributed by atoms with Crippen molar-refractivity contribution in [2.75, 3.05) is 11.9 Å². The van der Waals surface area contributed by atoms with E-state index in [9.17, 15) is 4.79 Å². The third-order valence-electron chi connectivity index (χ3n) is 4.31. The molecule has 0 fully saturated rings. The van der Waals surface area contributed by atoms with Crippen LogP contribution >= 0.6 is 0 Å². The Labute approximate surface area is 151 Å². The van der Waals surface area contributed by atoms with Crippen LogP contribution in [0.2, 0.25) is 0 Å². The molecule has 7 heteroatoms. The van der Waals surface area contributed by atoms with Crippen molar-refractivity contribution in [3.8, 4) is 17.1 Å². The van der Waals surface area contributed by atoms with E-state index >= 15 is 0 Å². The van der Waals surface area contributed by atoms with Crippen LogP contribution in [-0.2, 0) is 24.7 Å². The number of benzene rings is 2. The largest absolute Gasteiger partial charge is 0.493 e. The average molecular weight is 349 g/mol. The zero-order valence-corrected chi connectivity index (χ0v) is 14.5. The number of aryl methyl sites for hydroxylation is 2. The zero-order chi connectivity index (χ0) is 17.9. The van der Waals surface area contributed by atoms with Gasteiger partial charge in [-0.05, 0) is 41.0 Å². The first-order valence-electron chi connectivity index (χ1n) is 8.56. The average Bonchev–Trinajstić information content (AvgIpc) is 3.28. The summed E-state index contributed by atoms with van der Waals surface area (Å²) in [6.07, 6.45) is 2.07. The van der Waals surface area contributed by atoms with Crippen LogP contribution in [0.3, 0.4) is 0 Å². The highest BCUT2D eigenvalue weighted by Gasteiger charge is 2.13. The fraction of sp³-hybridized carbons (Fsp3) is 0.263. The number of carbonyl (C=O) groups is 1. The monoisotopic (exact) mass is 349 g/mol. The Hall–Kier alpha value is -3.22. The Morgan fingerprint density at radius 1 is 1.27 bits per heavy atom. The lowest BCUT2D eigenvalue weighted by molar-refractivity contribution is -0.116. The summed E-state index contributed by atoms with van der Waals surface area (Å²) in [5, 5.41) is 14.9. The minimum Gasteiger partial charge on any atom is -0.493 e. The molecule has 7 nitrogen and oxygen atoms in total. The Bertz CT molecular complexity index is 951. The molecule has 0 radical (unpaired) electrons. The second-order valence-electron chi connectivity index (χ2n) is 6.27. The summed E-state index contributed by atoms with van der Waals surface area (Å²) in [6, 6.07) is 13.6. The van der Waals surface area contributed by atoms with Gasteiger partial charge in [-0.25, -0.2) is 0 Å². The molecule has 0 saturated heterocycles. The van der Waals surface area contributed by atoms with Crippen molar-refractivity contribution in [1.29, 1.82) is 0 Å². The van der Waals surface area contributed by atoms with Crippen molar-refractivity contribution >= 4 is 11.6 Å². The number of hydrogen-bond donors (Lipinski definition) is 1. The molecular formula is C19H19N5O2. The highest BCUT2D eigenvalue weighted by molar-refractivity contribution is 5.91. The molecule has 1 amide bonds. The predicted molar refractivity (Wildman–Crippen MR) is 96.8 cm³/mol. The normalized spacial score (nSPS) is 12.5. The topological polar surface area (TPSA) is 81.9 Å². The molecule has 1 aromatic heterocycles. The first-order valence-corrected chi connectivity index (χ1v) is 8.56. The van der Waals surface area contributed by atoms with Crippen molar-refractivity contribution < 1.29 is 9.53 Å². The molecule has 2 heterocycles. The Kier molecular flexibility index (Phi) is 4.35. The van der Waals surface area contributed by atoms with Crippen molar-refractivity contribution in [3.05, 3.63) is 53.6 Å². The summed E-state index contributed by atoms with van der Waals surface area (Å²) in [6.45, 7) is 0.746. The van der Waals surface area contributed by atoms with Gasteiger partial charge in [-0.3, -0.25) is 4.79 Å². The van der Waals surface area contributed by atoms with E-state index in [1.54, 1.807) is 7.05 Å². The molecule has 26 heavy (non-hydrogen) atoms. The molecular weight excluding hydrogens is 330 g/mol. The maximum Gasteiger partial charge on any atom is 0.224 e. The molecule has 132 valence electrons. The van der Waals surface area contributed by atoms with Gasteiger partial charge in [0.05, 0.1) is 13.7 Å². The third kappa shape index (κ3) is 3.56. The van der Waals surface area contributed by atoms with Crippen LogP contribution < -0.4 is 10.1 Å². The molecule has 4 rings (SSSR count). The summed E-state index contributed by atoms with van der Waals surface area (Å²) in [4.78, 5) is 13.7. The number of aromatic nitrogens is 4. The van der Waals surface area contributed by atoms with E-state index in [4.69, 9.17) is 4.74 Å². The molecule has 1 aliphatic heterocycles. The Balaban J connectivity index is 1.37. The van der Waals surface area contributed by atoms with Gasteiger partial charge in [0.1, 0.15) is 5.75 Å². The number of hydrogen-bond acceptors (Lipinski definition) is 5. The van der Waals surface area contributed by atoms with E-state index in [0.717, 1.165) is 35.6 Å². The Morgan fingerprint density at radius 2 is 2.19 bits per heavy atom. The van der Waals surface area contributed by atoms with Crippen LogP contribution in [-0.4, -0.2) is 32.7 Å². The molecule has 0 unspecified atom stereocenters. The number of amides is 1. The van der Waals surface area contributed by atoms with Crippen molar-refractivity contribution in [1.82, 2.24) is 20.2 Å². The van der Waals surface area contributed by atoms with Gasteiger partial charge in [0.25, 0.3) is 0 Å². The summed E-state index contributed by atoms with van der Waals surface area (Å²) >= 11 is 0. The standard InChI is InChI=1S/C19H19N5O2/c1-24-22-19(21-23-24)15-3-2-4-16(12-15)20-18(25)8-6-13-5-7-17-14(11-13)9-10-26-17/h2-5,7,11-12H,6,8-10H2,1H3,(H,20,25). The number of nitrogens with zero attached hydrogens (tertiary/aromatic N) is 4. The Morgan fingerprint density at radius 3 is 3.04 bits per heavy atom. The molecule has 3 aromatic rings. The predicted octanol–water partition coefficient (Wildman–Crippen LogP) is 2.38. The highest BCUT2D eigenvalue weighted by atomic mass is 16.5. The van der Waals surface area contributed by atoms with Gasteiger partial charge < -0.3 is 10.1 Å². The maximum absolute atomic E-state index is 12.3. The van der Waals surface area contributed by atoms with E-state index < -0.39 is 0 Å². The third-order valence-corrected chi connectivity index (χ3v) is 4.31. The van der Waals surface area contributed by atoms with Crippen LogP contribution in [0, 0.1) is 0 Å². The number of rotatable bonds is 5. The first kappa shape index (κ1) is 16.3. The zero-order valence-electron chi connectivity index (χ0n) is 14.5. The van der Waals surface area contributed by atoms with Crippen LogP contribution in [0.25, 0.3) is 11.4 Å². The minimum atomic E-state index is -0.0222. The number of fused-ring (bicyclic) bond motifs is 1. The quantitative estimate of drug-likeness (QED) is 0.765. The number of tetrazole rings is 1. The molecule has 0 saturated carbocycles. The van der Waals surface area contributed by atoms with Gasteiger partial charge >= 0.3 is 0 Å². The first-order chi connectivity index (χ1) is 12.7. The lowest BCUT2D eigenvalue weighted by Crippen LogP contribution is -2.12. The van der Waals surface area contributed by atoms with Crippen molar-refractivity contribution in [2.45, 2.75) is 19.3 Å². The number of ether oxygens (including phenoxy) is 1. The summed E-state index contributed by atoms with van der Waals surface area (Å²) in [7, 11) is 1.72. The van der Waals surface area contributed by atoms with Gasteiger partial charge in [0, 0.05) is 24.1 Å². The number of anilines is 1. The van der Waals surface area contributed by atoms with Crippen LogP contribution in [0.4, 0.5) is 5.69 Å².